The van der Waals surface area contributed by atoms with Gasteiger partial charge in [0.15, 0.2) is 0 Å². The van der Waals surface area contributed by atoms with Gasteiger partial charge in [0.05, 0.1) is 0 Å². The van der Waals surface area contributed by atoms with Crippen LogP contribution < -0.4 is 0 Å². The van der Waals surface area contributed by atoms with E-state index in [-0.39, 0.29) is 0 Å². The van der Waals surface area contributed by atoms with E-state index in [0.29, 0.717) is 0 Å². The Morgan fingerprint density at radius 1 is 0.526 bits per heavy atom. The van der Waals surface area contributed by atoms with Crippen LogP contribution in [0.3, 0.4) is 0 Å². The zero-order chi connectivity index (χ0) is 12.7. The molecule has 90 valence electrons. The minimum absolute atomic E-state index is 0.792. The molecule has 1 atom stereocenters. The molecule has 0 aliphatic rings. The summed E-state index contributed by atoms with van der Waals surface area (Å²) in [6.45, 7) is 0. The molecule has 0 fully saturated rings. The van der Waals surface area contributed by atoms with Crippen molar-refractivity contribution in [2.24, 2.45) is 0 Å². The normalized spacial score (nSPS) is 11.6. The van der Waals surface area contributed by atoms with Crippen molar-refractivity contribution in [2.75, 3.05) is 0 Å². The highest BCUT2D eigenvalue weighted by atomic mass is 31.0. The summed E-state index contributed by atoms with van der Waals surface area (Å²) in [6.07, 6.45) is 0. The Labute approximate surface area is 113 Å². The number of hydrogen-bond acceptors (Lipinski definition) is 0. The van der Waals surface area contributed by atoms with Gasteiger partial charge < -0.3 is 0 Å². The van der Waals surface area contributed by atoms with E-state index < -0.39 is 0 Å². The predicted octanol–water partition coefficient (Wildman–Crippen LogP) is 5.69. The van der Waals surface area contributed by atoms with Gasteiger partial charge in [0.25, 0.3) is 0 Å². The molecule has 0 spiro atoms. The molecular weight excluding hydrogens is 247 g/mol. The topological polar surface area (TPSA) is 0 Å². The lowest BCUT2D eigenvalue weighted by Gasteiger charge is -2.01. The monoisotopic (exact) mass is 260 g/mol. The zero-order valence-electron chi connectivity index (χ0n) is 10.4. The van der Waals surface area contributed by atoms with Gasteiger partial charge in [0.2, 0.25) is 0 Å². The Morgan fingerprint density at radius 3 is 2.16 bits per heavy atom. The first-order valence-electron chi connectivity index (χ1n) is 6.48. The third-order valence-corrected chi connectivity index (χ3v) is 5.00. The van der Waals surface area contributed by atoms with E-state index in [1.54, 1.807) is 0 Å². The molecular formula is C18H13P. The second kappa shape index (κ2) is 4.26. The second-order valence-electron chi connectivity index (χ2n) is 4.80. The van der Waals surface area contributed by atoms with Crippen molar-refractivity contribution >= 4 is 29.2 Å². The van der Waals surface area contributed by atoms with Crippen LogP contribution in [0.5, 0.6) is 0 Å². The first kappa shape index (κ1) is 10.8. The third-order valence-electron chi connectivity index (χ3n) is 3.61. The van der Waals surface area contributed by atoms with Crippen LogP contribution >= 0.6 is 8.19 Å². The third kappa shape index (κ3) is 1.77. The average Bonchev–Trinajstić information content (AvgIpc) is 2.86. The van der Waals surface area contributed by atoms with E-state index in [2.05, 4.69) is 72.8 Å². The molecule has 0 bridgehead atoms. The lowest BCUT2D eigenvalue weighted by Crippen LogP contribution is -1.75. The van der Waals surface area contributed by atoms with E-state index in [4.69, 9.17) is 0 Å². The van der Waals surface area contributed by atoms with Crippen LogP contribution in [0.2, 0.25) is 0 Å². The molecule has 3 aromatic carbocycles. The second-order valence-corrected chi connectivity index (χ2v) is 6.12. The predicted molar refractivity (Wildman–Crippen MR) is 86.4 cm³/mol. The van der Waals surface area contributed by atoms with Crippen LogP contribution in [-0.2, 0) is 0 Å². The molecule has 1 unspecified atom stereocenters. The minimum Gasteiger partial charge on any atom is -0.123 e. The van der Waals surface area contributed by atoms with Gasteiger partial charge in [0, 0.05) is 5.12 Å². The fourth-order valence-electron chi connectivity index (χ4n) is 2.66. The Kier molecular flexibility index (Phi) is 2.43. The van der Waals surface area contributed by atoms with Crippen molar-refractivity contribution in [1.82, 2.24) is 0 Å². The van der Waals surface area contributed by atoms with Crippen LogP contribution in [-0.4, -0.2) is 0 Å². The van der Waals surface area contributed by atoms with Crippen molar-refractivity contribution in [2.45, 2.75) is 0 Å². The van der Waals surface area contributed by atoms with Crippen LogP contribution in [0.15, 0.2) is 72.8 Å². The molecule has 0 aliphatic heterocycles. The molecule has 19 heavy (non-hydrogen) atoms. The van der Waals surface area contributed by atoms with E-state index >= 15 is 0 Å². The van der Waals surface area contributed by atoms with Crippen LogP contribution in [0.25, 0.3) is 32.1 Å². The Morgan fingerprint density at radius 2 is 1.26 bits per heavy atom. The van der Waals surface area contributed by atoms with E-state index in [9.17, 15) is 0 Å². The molecule has 4 aromatic rings. The lowest BCUT2D eigenvalue weighted by molar-refractivity contribution is 1.66. The first-order chi connectivity index (χ1) is 9.42. The van der Waals surface area contributed by atoms with Crippen molar-refractivity contribution < 1.29 is 0 Å². The number of fused-ring (bicyclic) bond motifs is 3. The van der Waals surface area contributed by atoms with Gasteiger partial charge in [-0.05, 0) is 33.1 Å². The molecule has 0 N–H and O–H groups in total. The van der Waals surface area contributed by atoms with E-state index in [0.717, 1.165) is 8.19 Å². The molecule has 4 rings (SSSR count). The number of hydrogen-bond donors (Lipinski definition) is 0. The van der Waals surface area contributed by atoms with E-state index in [1.165, 1.54) is 32.1 Å². The van der Waals surface area contributed by atoms with Crippen molar-refractivity contribution in [1.29, 1.82) is 0 Å². The van der Waals surface area contributed by atoms with Crippen molar-refractivity contribution in [3.8, 4) is 11.1 Å². The van der Waals surface area contributed by atoms with Gasteiger partial charge in [-0.1, -0.05) is 66.7 Å². The van der Waals surface area contributed by atoms with E-state index in [1.807, 2.05) is 0 Å². The maximum atomic E-state index is 2.35. The average molecular weight is 260 g/mol. The van der Waals surface area contributed by atoms with Crippen LogP contribution in [0.4, 0.5) is 0 Å². The number of rotatable bonds is 1. The molecule has 1 aromatic heterocycles. The summed E-state index contributed by atoms with van der Waals surface area (Å²) in [6, 6.07) is 26.2. The number of benzene rings is 3. The molecule has 1 heteroatoms. The van der Waals surface area contributed by atoms with Gasteiger partial charge in [-0.3, -0.25) is 0 Å². The fraction of sp³-hybridized carbons (Fsp3) is 0. The van der Waals surface area contributed by atoms with Crippen LogP contribution in [0.1, 0.15) is 0 Å². The Hall–Kier alpha value is -2.04. The zero-order valence-corrected chi connectivity index (χ0v) is 11.4. The molecule has 0 saturated carbocycles. The van der Waals surface area contributed by atoms with Crippen molar-refractivity contribution in [3.63, 3.8) is 0 Å². The molecule has 0 amide bonds. The van der Waals surface area contributed by atoms with Gasteiger partial charge >= 0.3 is 0 Å². The smallest absolute Gasteiger partial charge is 0.0000129 e. The highest BCUT2D eigenvalue weighted by Crippen LogP contribution is 2.39. The maximum Gasteiger partial charge on any atom is 0.0000129 e. The summed E-state index contributed by atoms with van der Waals surface area (Å²) in [7, 11) is 0.792. The van der Waals surface area contributed by atoms with Crippen LogP contribution in [0, 0.1) is 0 Å². The van der Waals surface area contributed by atoms with Gasteiger partial charge in [-0.15, -0.1) is 8.19 Å². The summed E-state index contributed by atoms with van der Waals surface area (Å²) in [4.78, 5) is 0. The summed E-state index contributed by atoms with van der Waals surface area (Å²) in [5, 5.41) is 5.77. The minimum atomic E-state index is 0.792. The quantitative estimate of drug-likeness (QED) is 0.412. The lowest BCUT2D eigenvalue weighted by atomic mass is 10.0. The summed E-state index contributed by atoms with van der Waals surface area (Å²) in [5.41, 5.74) is 2.62. The molecule has 0 aliphatic carbocycles. The van der Waals surface area contributed by atoms with Gasteiger partial charge in [-0.25, -0.2) is 0 Å². The fourth-order valence-corrected chi connectivity index (χ4v) is 4.07. The molecule has 1 heterocycles. The largest absolute Gasteiger partial charge is 0.123 e. The van der Waals surface area contributed by atoms with Gasteiger partial charge in [-0.2, -0.15) is 0 Å². The molecule has 0 nitrogen and oxygen atoms in total. The first-order valence-corrected chi connectivity index (χ1v) is 7.48. The summed E-state index contributed by atoms with van der Waals surface area (Å²) < 4.78 is 0. The highest BCUT2D eigenvalue weighted by molar-refractivity contribution is 7.43. The Balaban J connectivity index is 1.99. The maximum absolute atomic E-state index is 2.35. The molecule has 0 radical (unpaired) electrons. The molecule has 0 saturated heterocycles. The highest BCUT2D eigenvalue weighted by Gasteiger charge is 2.04. The van der Waals surface area contributed by atoms with Gasteiger partial charge in [0.1, 0.15) is 0 Å². The summed E-state index contributed by atoms with van der Waals surface area (Å²) >= 11 is 0. The Bertz CT molecular complexity index is 857. The van der Waals surface area contributed by atoms with Crippen molar-refractivity contribution in [3.05, 3.63) is 72.8 Å². The SMILES string of the molecule is c1ccc(-c2ccc3c(c2)[pH]c2ccccc23)cc1. The summed E-state index contributed by atoms with van der Waals surface area (Å²) in [5.74, 6) is 0. The standard InChI is InChI=1S/C18H13P/c1-2-6-13(7-3-1)14-10-11-16-15-8-4-5-9-17(15)19-18(16)12-14/h1-12,19H.